The highest BCUT2D eigenvalue weighted by Crippen LogP contribution is 2.39. The van der Waals surface area contributed by atoms with Gasteiger partial charge in [0.05, 0.1) is 11.1 Å². The molecule has 2 heterocycles. The van der Waals surface area contributed by atoms with E-state index in [1.807, 2.05) is 0 Å². The van der Waals surface area contributed by atoms with E-state index in [1.54, 1.807) is 12.1 Å². The van der Waals surface area contributed by atoms with E-state index < -0.39 is 48.2 Å². The van der Waals surface area contributed by atoms with Crippen LogP contribution in [0, 0.1) is 0 Å². The predicted octanol–water partition coefficient (Wildman–Crippen LogP) is 9.69. The van der Waals surface area contributed by atoms with Gasteiger partial charge in [-0.2, -0.15) is 26.3 Å². The van der Waals surface area contributed by atoms with Gasteiger partial charge in [0.2, 0.25) is 23.7 Å². The standard InChI is InChI=1S/2C17H20F5NO/c1-16(18,19)8-5-15(24)23-9-6-12(7-10-23)13-3-2-4-14(11-13)17(20,21)22;1-16(18,19)9-6-15(24)23-10-7-12(8-11-23)13-4-2-3-5-14(13)17(20,21)22/h2-4,11-12H,5-10H2,1H3;2-5,12H,6-11H2,1H3. The summed E-state index contributed by atoms with van der Waals surface area (Å²) < 4.78 is 129. The minimum absolute atomic E-state index is 0.0519. The summed E-state index contributed by atoms with van der Waals surface area (Å²) in [7, 11) is 0. The van der Waals surface area contributed by atoms with Crippen molar-refractivity contribution in [2.24, 2.45) is 0 Å². The maximum atomic E-state index is 13.1. The molecule has 4 rings (SSSR count). The van der Waals surface area contributed by atoms with Crippen molar-refractivity contribution in [2.45, 2.75) is 101 Å². The Morgan fingerprint density at radius 2 is 1.08 bits per heavy atom. The zero-order chi connectivity index (χ0) is 35.9. The van der Waals surface area contributed by atoms with Crippen LogP contribution in [0.5, 0.6) is 0 Å². The molecule has 2 aromatic rings. The van der Waals surface area contributed by atoms with E-state index in [9.17, 15) is 53.5 Å². The van der Waals surface area contributed by atoms with Gasteiger partial charge in [0.15, 0.2) is 0 Å². The van der Waals surface area contributed by atoms with E-state index in [-0.39, 0.29) is 42.1 Å². The lowest BCUT2D eigenvalue weighted by Crippen LogP contribution is -2.38. The second-order valence-electron chi connectivity index (χ2n) is 12.7. The highest BCUT2D eigenvalue weighted by atomic mass is 19.4. The summed E-state index contributed by atoms with van der Waals surface area (Å²) in [4.78, 5) is 26.8. The first-order valence-corrected chi connectivity index (χ1v) is 15.8. The molecular formula is C34H40F10N2O2. The molecule has 2 aliphatic rings. The fraction of sp³-hybridized carbons (Fsp3) is 0.588. The molecule has 268 valence electrons. The molecule has 0 aliphatic carbocycles. The van der Waals surface area contributed by atoms with E-state index in [0.717, 1.165) is 32.0 Å². The smallest absolute Gasteiger partial charge is 0.343 e. The van der Waals surface area contributed by atoms with Crippen molar-refractivity contribution in [3.63, 3.8) is 0 Å². The second-order valence-corrected chi connectivity index (χ2v) is 12.7. The third kappa shape index (κ3) is 12.3. The van der Waals surface area contributed by atoms with Crippen molar-refractivity contribution < 1.29 is 53.5 Å². The zero-order valence-electron chi connectivity index (χ0n) is 26.7. The molecule has 0 unspecified atom stereocenters. The molecule has 48 heavy (non-hydrogen) atoms. The number of halogens is 10. The summed E-state index contributed by atoms with van der Waals surface area (Å²) in [6.07, 6.45) is -8.35. The topological polar surface area (TPSA) is 40.6 Å². The van der Waals surface area contributed by atoms with Crippen molar-refractivity contribution in [2.75, 3.05) is 26.2 Å². The molecule has 0 bridgehead atoms. The van der Waals surface area contributed by atoms with E-state index in [4.69, 9.17) is 0 Å². The van der Waals surface area contributed by atoms with Gasteiger partial charge in [-0.1, -0.05) is 36.4 Å². The van der Waals surface area contributed by atoms with E-state index in [2.05, 4.69) is 0 Å². The number of hydrogen-bond acceptors (Lipinski definition) is 2. The van der Waals surface area contributed by atoms with Gasteiger partial charge in [0.1, 0.15) is 0 Å². The molecule has 0 spiro atoms. The van der Waals surface area contributed by atoms with Gasteiger partial charge in [-0.25, -0.2) is 17.6 Å². The zero-order valence-corrected chi connectivity index (χ0v) is 26.7. The van der Waals surface area contributed by atoms with Crippen molar-refractivity contribution in [1.29, 1.82) is 0 Å². The van der Waals surface area contributed by atoms with E-state index >= 15 is 0 Å². The van der Waals surface area contributed by atoms with Crippen LogP contribution < -0.4 is 0 Å². The first-order valence-electron chi connectivity index (χ1n) is 15.8. The molecule has 0 aromatic heterocycles. The van der Waals surface area contributed by atoms with E-state index in [0.29, 0.717) is 57.4 Å². The number of nitrogens with zero attached hydrogens (tertiary/aromatic N) is 2. The van der Waals surface area contributed by atoms with Crippen LogP contribution in [-0.2, 0) is 21.9 Å². The third-order valence-electron chi connectivity index (χ3n) is 8.64. The van der Waals surface area contributed by atoms with Crippen molar-refractivity contribution in [3.8, 4) is 0 Å². The van der Waals surface area contributed by atoms with Gasteiger partial charge in [-0.3, -0.25) is 9.59 Å². The Morgan fingerprint density at radius 3 is 1.52 bits per heavy atom. The lowest BCUT2D eigenvalue weighted by Gasteiger charge is -2.33. The SMILES string of the molecule is CC(F)(F)CCC(=O)N1CCC(c2cccc(C(F)(F)F)c2)CC1.CC(F)(F)CCC(=O)N1CCC(c2ccccc2C(F)(F)F)CC1. The maximum absolute atomic E-state index is 13.1. The lowest BCUT2D eigenvalue weighted by molar-refractivity contribution is -0.139. The minimum Gasteiger partial charge on any atom is -0.343 e. The van der Waals surface area contributed by atoms with Crippen LogP contribution in [0.4, 0.5) is 43.9 Å². The van der Waals surface area contributed by atoms with Gasteiger partial charge in [-0.05, 0) is 74.6 Å². The molecule has 2 aromatic carbocycles. The lowest BCUT2D eigenvalue weighted by atomic mass is 9.86. The Kier molecular flexibility index (Phi) is 13.0. The highest BCUT2D eigenvalue weighted by Gasteiger charge is 2.36. The molecule has 4 nitrogen and oxygen atoms in total. The van der Waals surface area contributed by atoms with Crippen LogP contribution >= 0.6 is 0 Å². The summed E-state index contributed by atoms with van der Waals surface area (Å²) in [5.74, 6) is -6.77. The molecule has 2 saturated heterocycles. The number of amides is 2. The third-order valence-corrected chi connectivity index (χ3v) is 8.64. The molecule has 2 aliphatic heterocycles. The van der Waals surface area contributed by atoms with Crippen molar-refractivity contribution in [3.05, 3.63) is 70.8 Å². The number of benzene rings is 2. The average molecular weight is 699 g/mol. The van der Waals surface area contributed by atoms with Crippen LogP contribution in [0.15, 0.2) is 48.5 Å². The monoisotopic (exact) mass is 698 g/mol. The van der Waals surface area contributed by atoms with Crippen LogP contribution in [0.2, 0.25) is 0 Å². The molecule has 2 fully saturated rings. The number of likely N-dealkylation sites (tertiary alicyclic amines) is 2. The summed E-state index contributed by atoms with van der Waals surface area (Å²) in [5, 5.41) is 0. The summed E-state index contributed by atoms with van der Waals surface area (Å²) in [5.41, 5.74) is -0.460. The van der Waals surface area contributed by atoms with Gasteiger partial charge in [0.25, 0.3) is 0 Å². The molecule has 0 N–H and O–H groups in total. The number of piperidine rings is 2. The Labute approximate surface area is 273 Å². The number of carbonyl (C=O) groups is 2. The van der Waals surface area contributed by atoms with Gasteiger partial charge < -0.3 is 9.80 Å². The Hall–Kier alpha value is -3.32. The van der Waals surface area contributed by atoms with E-state index in [1.165, 1.54) is 28.0 Å². The number of carbonyl (C=O) groups excluding carboxylic acids is 2. The molecular weight excluding hydrogens is 658 g/mol. The van der Waals surface area contributed by atoms with Gasteiger partial charge >= 0.3 is 12.4 Å². The fourth-order valence-corrected chi connectivity index (χ4v) is 5.95. The largest absolute Gasteiger partial charge is 0.416 e. The molecule has 0 saturated carbocycles. The first-order chi connectivity index (χ1) is 22.1. The van der Waals surface area contributed by atoms with Gasteiger partial charge in [0, 0.05) is 51.9 Å². The van der Waals surface area contributed by atoms with Crippen LogP contribution in [0.25, 0.3) is 0 Å². The summed E-state index contributed by atoms with van der Waals surface area (Å²) in [6.45, 7) is 2.90. The minimum atomic E-state index is -4.41. The Bertz CT molecular complexity index is 1350. The Balaban J connectivity index is 0.000000260. The maximum Gasteiger partial charge on any atom is 0.416 e. The summed E-state index contributed by atoms with van der Waals surface area (Å²) in [6, 6.07) is 10.7. The number of hydrogen-bond donors (Lipinski definition) is 0. The first kappa shape index (κ1) is 39.1. The molecule has 0 radical (unpaired) electrons. The Morgan fingerprint density at radius 1 is 0.625 bits per heavy atom. The molecule has 2 amide bonds. The van der Waals surface area contributed by atoms with Crippen LogP contribution in [0.3, 0.4) is 0 Å². The van der Waals surface area contributed by atoms with Crippen LogP contribution in [0.1, 0.15) is 99.3 Å². The van der Waals surface area contributed by atoms with Crippen molar-refractivity contribution in [1.82, 2.24) is 9.80 Å². The number of alkyl halides is 10. The fourth-order valence-electron chi connectivity index (χ4n) is 5.95. The quantitative estimate of drug-likeness (QED) is 0.258. The average Bonchev–Trinajstić information content (AvgIpc) is 3.01. The predicted molar refractivity (Wildman–Crippen MR) is 160 cm³/mol. The number of rotatable bonds is 8. The molecule has 0 atom stereocenters. The summed E-state index contributed by atoms with van der Waals surface area (Å²) >= 11 is 0. The van der Waals surface area contributed by atoms with Crippen molar-refractivity contribution >= 4 is 11.8 Å². The second kappa shape index (κ2) is 15.9. The molecule has 14 heteroatoms. The van der Waals surface area contributed by atoms with Gasteiger partial charge in [-0.15, -0.1) is 0 Å². The normalized spacial score (nSPS) is 17.2. The highest BCUT2D eigenvalue weighted by molar-refractivity contribution is 5.76. The van der Waals surface area contributed by atoms with Crippen LogP contribution in [-0.4, -0.2) is 59.6 Å².